The second-order valence-electron chi connectivity index (χ2n) is 4.39. The fourth-order valence-electron chi connectivity index (χ4n) is 1.87. The Kier molecular flexibility index (Phi) is 3.89. The van der Waals surface area contributed by atoms with Crippen LogP contribution in [-0.2, 0) is 14.8 Å². The number of morpholine rings is 1. The molecule has 0 saturated carbocycles. The van der Waals surface area contributed by atoms with Crippen molar-refractivity contribution >= 4 is 15.7 Å². The van der Waals surface area contributed by atoms with Gasteiger partial charge in [0.1, 0.15) is 0 Å². The monoisotopic (exact) mass is 270 g/mol. The van der Waals surface area contributed by atoms with Crippen molar-refractivity contribution in [2.75, 3.05) is 37.3 Å². The molecule has 0 amide bonds. The maximum atomic E-state index is 11.4. The molecule has 0 aliphatic carbocycles. The maximum Gasteiger partial charge on any atom is 0.231 e. The van der Waals surface area contributed by atoms with E-state index in [1.165, 1.54) is 10.6 Å². The third-order valence-electron chi connectivity index (χ3n) is 3.05. The van der Waals surface area contributed by atoms with Gasteiger partial charge in [-0.25, -0.2) is 8.42 Å². The first-order valence-electron chi connectivity index (χ1n) is 5.84. The molecule has 5 nitrogen and oxygen atoms in total. The molecule has 1 atom stereocenters. The minimum atomic E-state index is -3.20. The van der Waals surface area contributed by atoms with Crippen molar-refractivity contribution in [2.24, 2.45) is 0 Å². The summed E-state index contributed by atoms with van der Waals surface area (Å²) in [4.78, 5) is 0. The summed E-state index contributed by atoms with van der Waals surface area (Å²) in [6.45, 7) is 2.38. The van der Waals surface area contributed by atoms with Crippen LogP contribution in [-0.4, -0.2) is 41.4 Å². The van der Waals surface area contributed by atoms with Gasteiger partial charge in [-0.3, -0.25) is 4.31 Å². The normalized spacial score (nSPS) is 20.7. The van der Waals surface area contributed by atoms with E-state index in [-0.39, 0.29) is 6.10 Å². The predicted molar refractivity (Wildman–Crippen MR) is 71.3 cm³/mol. The highest BCUT2D eigenvalue weighted by atomic mass is 32.2. The minimum Gasteiger partial charge on any atom is -0.371 e. The van der Waals surface area contributed by atoms with E-state index in [1.807, 2.05) is 12.1 Å². The number of nitrogens with one attached hydrogen (secondary N) is 1. The fourth-order valence-corrected chi connectivity index (χ4v) is 2.37. The highest BCUT2D eigenvalue weighted by Crippen LogP contribution is 2.22. The molecule has 1 unspecified atom stereocenters. The Morgan fingerprint density at radius 3 is 2.50 bits per heavy atom. The quantitative estimate of drug-likeness (QED) is 0.880. The predicted octanol–water partition coefficient (Wildman–Crippen LogP) is 0.743. The second kappa shape index (κ2) is 5.26. The first-order chi connectivity index (χ1) is 8.48. The third-order valence-corrected chi connectivity index (χ3v) is 4.26. The summed E-state index contributed by atoms with van der Waals surface area (Å²) < 4.78 is 29.7. The Hall–Kier alpha value is -1.11. The Morgan fingerprint density at radius 2 is 2.00 bits per heavy atom. The highest BCUT2D eigenvalue weighted by Gasteiger charge is 2.16. The maximum absolute atomic E-state index is 11.4. The lowest BCUT2D eigenvalue weighted by atomic mass is 10.1. The number of hydrogen-bond acceptors (Lipinski definition) is 4. The zero-order chi connectivity index (χ0) is 13.2. The van der Waals surface area contributed by atoms with Crippen LogP contribution in [0.15, 0.2) is 24.3 Å². The van der Waals surface area contributed by atoms with E-state index in [2.05, 4.69) is 5.32 Å². The molecule has 0 radical (unpaired) electrons. The van der Waals surface area contributed by atoms with Gasteiger partial charge in [-0.2, -0.15) is 0 Å². The summed E-state index contributed by atoms with van der Waals surface area (Å²) in [5.74, 6) is 0. The number of ether oxygens (including phenoxy) is 1. The smallest absolute Gasteiger partial charge is 0.231 e. The molecule has 6 heteroatoms. The summed E-state index contributed by atoms with van der Waals surface area (Å²) in [5.41, 5.74) is 1.72. The van der Waals surface area contributed by atoms with Gasteiger partial charge in [-0.05, 0) is 17.7 Å². The molecule has 100 valence electrons. The highest BCUT2D eigenvalue weighted by molar-refractivity contribution is 7.92. The number of anilines is 1. The molecule has 2 rings (SSSR count). The van der Waals surface area contributed by atoms with Gasteiger partial charge in [0.05, 0.1) is 24.7 Å². The van der Waals surface area contributed by atoms with Crippen LogP contribution >= 0.6 is 0 Å². The summed E-state index contributed by atoms with van der Waals surface area (Å²) >= 11 is 0. The fraction of sp³-hybridized carbons (Fsp3) is 0.500. The zero-order valence-electron chi connectivity index (χ0n) is 10.6. The van der Waals surface area contributed by atoms with Crippen molar-refractivity contribution in [1.82, 2.24) is 5.32 Å². The van der Waals surface area contributed by atoms with Crippen LogP contribution in [0.25, 0.3) is 0 Å². The average molecular weight is 270 g/mol. The Labute approximate surface area is 108 Å². The van der Waals surface area contributed by atoms with Gasteiger partial charge >= 0.3 is 0 Å². The van der Waals surface area contributed by atoms with Gasteiger partial charge in [-0.1, -0.05) is 12.1 Å². The van der Waals surface area contributed by atoms with Gasteiger partial charge in [-0.15, -0.1) is 0 Å². The molecule has 1 heterocycles. The van der Waals surface area contributed by atoms with Crippen LogP contribution in [0.3, 0.4) is 0 Å². The van der Waals surface area contributed by atoms with Crippen LogP contribution in [0, 0.1) is 0 Å². The van der Waals surface area contributed by atoms with E-state index in [0.29, 0.717) is 12.3 Å². The number of benzene rings is 1. The molecular weight excluding hydrogens is 252 g/mol. The molecule has 1 aromatic rings. The molecule has 0 aromatic heterocycles. The van der Waals surface area contributed by atoms with Crippen LogP contribution in [0.2, 0.25) is 0 Å². The first-order valence-corrected chi connectivity index (χ1v) is 7.69. The van der Waals surface area contributed by atoms with Gasteiger partial charge in [0.2, 0.25) is 10.0 Å². The molecule has 1 aliphatic heterocycles. The average Bonchev–Trinajstić information content (AvgIpc) is 2.38. The Balaban J connectivity index is 2.14. The van der Waals surface area contributed by atoms with E-state index in [1.54, 1.807) is 19.2 Å². The van der Waals surface area contributed by atoms with Gasteiger partial charge < -0.3 is 10.1 Å². The topological polar surface area (TPSA) is 58.6 Å². The molecule has 1 aliphatic rings. The lowest BCUT2D eigenvalue weighted by molar-refractivity contribution is 0.0277. The molecule has 0 spiro atoms. The van der Waals surface area contributed by atoms with Crippen LogP contribution in [0.5, 0.6) is 0 Å². The summed E-state index contributed by atoms with van der Waals surface area (Å²) in [5, 5.41) is 3.26. The number of nitrogens with zero attached hydrogens (tertiary/aromatic N) is 1. The summed E-state index contributed by atoms with van der Waals surface area (Å²) in [6.07, 6.45) is 1.24. The lowest BCUT2D eigenvalue weighted by Gasteiger charge is -2.24. The van der Waals surface area contributed by atoms with Gasteiger partial charge in [0.15, 0.2) is 0 Å². The van der Waals surface area contributed by atoms with Crippen molar-refractivity contribution in [3.63, 3.8) is 0 Å². The van der Waals surface area contributed by atoms with Crippen molar-refractivity contribution in [3.05, 3.63) is 29.8 Å². The number of hydrogen-bond donors (Lipinski definition) is 1. The van der Waals surface area contributed by atoms with Crippen molar-refractivity contribution in [3.8, 4) is 0 Å². The molecular formula is C12H18N2O3S. The Bertz CT molecular complexity index is 493. The molecule has 1 saturated heterocycles. The first kappa shape index (κ1) is 13.3. The third kappa shape index (κ3) is 3.01. The van der Waals surface area contributed by atoms with Crippen molar-refractivity contribution in [1.29, 1.82) is 0 Å². The van der Waals surface area contributed by atoms with E-state index < -0.39 is 10.0 Å². The standard InChI is InChI=1S/C12H18N2O3S/c1-14(18(2,15)16)11-5-3-10(4-6-11)12-9-13-7-8-17-12/h3-6,12-13H,7-9H2,1-2H3. The zero-order valence-corrected chi connectivity index (χ0v) is 11.4. The molecule has 1 fully saturated rings. The molecule has 1 aromatic carbocycles. The Morgan fingerprint density at radius 1 is 1.33 bits per heavy atom. The van der Waals surface area contributed by atoms with Crippen molar-refractivity contribution in [2.45, 2.75) is 6.10 Å². The van der Waals surface area contributed by atoms with E-state index in [0.717, 1.165) is 18.7 Å². The van der Waals surface area contributed by atoms with E-state index >= 15 is 0 Å². The van der Waals surface area contributed by atoms with Crippen LogP contribution in [0.1, 0.15) is 11.7 Å². The van der Waals surface area contributed by atoms with Gasteiger partial charge in [0, 0.05) is 20.1 Å². The number of sulfonamides is 1. The second-order valence-corrected chi connectivity index (χ2v) is 6.40. The summed E-state index contributed by atoms with van der Waals surface area (Å²) in [6, 6.07) is 7.42. The van der Waals surface area contributed by atoms with Crippen LogP contribution in [0.4, 0.5) is 5.69 Å². The lowest BCUT2D eigenvalue weighted by Crippen LogP contribution is -2.33. The SMILES string of the molecule is CN(c1ccc(C2CNCCO2)cc1)S(C)(=O)=O. The largest absolute Gasteiger partial charge is 0.371 e. The van der Waals surface area contributed by atoms with Crippen molar-refractivity contribution < 1.29 is 13.2 Å². The molecule has 18 heavy (non-hydrogen) atoms. The number of rotatable bonds is 3. The van der Waals surface area contributed by atoms with E-state index in [9.17, 15) is 8.42 Å². The minimum absolute atomic E-state index is 0.0522. The van der Waals surface area contributed by atoms with Crippen LogP contribution < -0.4 is 9.62 Å². The van der Waals surface area contributed by atoms with E-state index in [4.69, 9.17) is 4.74 Å². The summed E-state index contributed by atoms with van der Waals surface area (Å²) in [7, 11) is -1.66. The molecule has 0 bridgehead atoms. The van der Waals surface area contributed by atoms with Gasteiger partial charge in [0.25, 0.3) is 0 Å². The molecule has 1 N–H and O–H groups in total.